The van der Waals surface area contributed by atoms with Gasteiger partial charge in [0.25, 0.3) is 0 Å². The highest BCUT2D eigenvalue weighted by Gasteiger charge is 2.19. The number of nitrogens with one attached hydrogen (secondary N) is 2. The van der Waals surface area contributed by atoms with E-state index in [1.54, 1.807) is 12.4 Å². The molecule has 2 amide bonds. The van der Waals surface area contributed by atoms with Gasteiger partial charge < -0.3 is 15.7 Å². The number of aliphatic hydroxyl groups excluding tert-OH is 1. The topological polar surface area (TPSA) is 104 Å². The van der Waals surface area contributed by atoms with Crippen molar-refractivity contribution in [2.45, 2.75) is 50.2 Å². The summed E-state index contributed by atoms with van der Waals surface area (Å²) < 4.78 is 0. The van der Waals surface area contributed by atoms with Gasteiger partial charge in [-0.1, -0.05) is 23.6 Å². The normalized spacial score (nSPS) is 10.6. The zero-order valence-corrected chi connectivity index (χ0v) is 16.3. The molecule has 7 nitrogen and oxygen atoms in total. The first-order valence-electron chi connectivity index (χ1n) is 8.40. The van der Waals surface area contributed by atoms with Crippen LogP contribution in [0.15, 0.2) is 17.6 Å². The van der Waals surface area contributed by atoms with Crippen LogP contribution >= 0.6 is 11.8 Å². The summed E-state index contributed by atoms with van der Waals surface area (Å²) in [4.78, 5) is 31.8. The lowest BCUT2D eigenvalue weighted by molar-refractivity contribution is -0.127. The van der Waals surface area contributed by atoms with Gasteiger partial charge in [0.1, 0.15) is 0 Å². The van der Waals surface area contributed by atoms with Gasteiger partial charge in [0, 0.05) is 37.4 Å². The maximum atomic E-state index is 11.8. The second kappa shape index (κ2) is 11.5. The third-order valence-electron chi connectivity index (χ3n) is 3.41. The molecule has 142 valence electrons. The fourth-order valence-corrected chi connectivity index (χ4v) is 2.34. The SMILES string of the molecule is CSc1ncc(C#CCCCC(=O)NCC(=O)NC(C)(C)CCO)cn1. The minimum atomic E-state index is -0.496. The van der Waals surface area contributed by atoms with Gasteiger partial charge in [-0.15, -0.1) is 0 Å². The molecule has 0 aromatic carbocycles. The number of nitrogens with zero attached hydrogens (tertiary/aromatic N) is 2. The zero-order chi connectivity index (χ0) is 19.4. The molecule has 0 aliphatic carbocycles. The van der Waals surface area contributed by atoms with Crippen molar-refractivity contribution in [3.05, 3.63) is 18.0 Å². The van der Waals surface area contributed by atoms with Crippen molar-refractivity contribution in [2.75, 3.05) is 19.4 Å². The Labute approximate surface area is 158 Å². The van der Waals surface area contributed by atoms with E-state index >= 15 is 0 Å². The monoisotopic (exact) mass is 378 g/mol. The molecule has 0 bridgehead atoms. The highest BCUT2D eigenvalue weighted by atomic mass is 32.2. The quantitative estimate of drug-likeness (QED) is 0.257. The lowest BCUT2D eigenvalue weighted by atomic mass is 10.0. The average Bonchev–Trinajstić information content (AvgIpc) is 2.59. The highest BCUT2D eigenvalue weighted by Crippen LogP contribution is 2.07. The van der Waals surface area contributed by atoms with Crippen molar-refractivity contribution in [3.8, 4) is 11.8 Å². The molecule has 1 heterocycles. The molecule has 26 heavy (non-hydrogen) atoms. The van der Waals surface area contributed by atoms with Crippen LogP contribution < -0.4 is 10.6 Å². The van der Waals surface area contributed by atoms with Crippen LogP contribution in [0.25, 0.3) is 0 Å². The van der Waals surface area contributed by atoms with Gasteiger partial charge in [0.05, 0.1) is 12.1 Å². The van der Waals surface area contributed by atoms with E-state index in [4.69, 9.17) is 5.11 Å². The first-order chi connectivity index (χ1) is 12.4. The Morgan fingerprint density at radius 2 is 1.96 bits per heavy atom. The number of aliphatic hydroxyl groups is 1. The Morgan fingerprint density at radius 3 is 2.58 bits per heavy atom. The molecule has 1 aromatic heterocycles. The first kappa shape index (κ1) is 21.9. The minimum absolute atomic E-state index is 0.00545. The van der Waals surface area contributed by atoms with Gasteiger partial charge in [-0.25, -0.2) is 9.97 Å². The molecular formula is C18H26N4O3S. The lowest BCUT2D eigenvalue weighted by Crippen LogP contribution is -2.48. The maximum absolute atomic E-state index is 11.8. The smallest absolute Gasteiger partial charge is 0.239 e. The Kier molecular flexibility index (Phi) is 9.70. The first-order valence-corrected chi connectivity index (χ1v) is 9.62. The Morgan fingerprint density at radius 1 is 1.27 bits per heavy atom. The van der Waals surface area contributed by atoms with E-state index in [2.05, 4.69) is 32.4 Å². The number of hydrogen-bond acceptors (Lipinski definition) is 6. The molecule has 0 spiro atoms. The number of thioether (sulfide) groups is 1. The molecule has 0 aliphatic heterocycles. The predicted octanol–water partition coefficient (Wildman–Crippen LogP) is 1.11. The van der Waals surface area contributed by atoms with Crippen LogP contribution in [0.1, 0.15) is 45.1 Å². The summed E-state index contributed by atoms with van der Waals surface area (Å²) in [5.74, 6) is 5.48. The molecule has 0 radical (unpaired) electrons. The van der Waals surface area contributed by atoms with Crippen LogP contribution in [0.5, 0.6) is 0 Å². The number of unbranched alkanes of at least 4 members (excludes halogenated alkanes) is 1. The summed E-state index contributed by atoms with van der Waals surface area (Å²) in [7, 11) is 0. The minimum Gasteiger partial charge on any atom is -0.396 e. The van der Waals surface area contributed by atoms with Crippen molar-refractivity contribution >= 4 is 23.6 Å². The Bertz CT molecular complexity index is 651. The van der Waals surface area contributed by atoms with E-state index in [1.807, 2.05) is 20.1 Å². The van der Waals surface area contributed by atoms with Crippen molar-refractivity contribution in [1.82, 2.24) is 20.6 Å². The van der Waals surface area contributed by atoms with E-state index in [-0.39, 0.29) is 25.0 Å². The predicted molar refractivity (Wildman–Crippen MR) is 101 cm³/mol. The molecule has 0 atom stereocenters. The van der Waals surface area contributed by atoms with Crippen molar-refractivity contribution in [3.63, 3.8) is 0 Å². The van der Waals surface area contributed by atoms with E-state index in [0.29, 0.717) is 30.8 Å². The van der Waals surface area contributed by atoms with Crippen molar-refractivity contribution in [2.24, 2.45) is 0 Å². The Hall–Kier alpha value is -2.11. The number of amides is 2. The lowest BCUT2D eigenvalue weighted by Gasteiger charge is -2.25. The largest absolute Gasteiger partial charge is 0.396 e. The summed E-state index contributed by atoms with van der Waals surface area (Å²) in [6, 6.07) is 0. The fourth-order valence-electron chi connectivity index (χ4n) is 2.02. The van der Waals surface area contributed by atoms with E-state index < -0.39 is 5.54 Å². The standard InChI is InChI=1S/C18H26N4O3S/c1-18(2,9-10-23)22-16(25)13-19-15(24)8-6-4-5-7-14-11-20-17(26-3)21-12-14/h11-12,23H,4,6,8-10,13H2,1-3H3,(H,19,24)(H,22,25). The summed E-state index contributed by atoms with van der Waals surface area (Å²) in [6.45, 7) is 3.57. The summed E-state index contributed by atoms with van der Waals surface area (Å²) >= 11 is 1.47. The van der Waals surface area contributed by atoms with Crippen molar-refractivity contribution in [1.29, 1.82) is 0 Å². The van der Waals surface area contributed by atoms with Crippen LogP contribution in [-0.4, -0.2) is 51.8 Å². The third kappa shape index (κ3) is 9.39. The summed E-state index contributed by atoms with van der Waals surface area (Å²) in [6.07, 6.45) is 7.21. The number of carbonyl (C=O) groups is 2. The molecular weight excluding hydrogens is 352 g/mol. The van der Waals surface area contributed by atoms with Gasteiger partial charge >= 0.3 is 0 Å². The molecule has 1 aromatic rings. The van der Waals surface area contributed by atoms with Gasteiger partial charge in [-0.05, 0) is 32.9 Å². The Balaban J connectivity index is 2.22. The second-order valence-electron chi connectivity index (χ2n) is 6.30. The van der Waals surface area contributed by atoms with Crippen LogP contribution in [0.2, 0.25) is 0 Å². The molecule has 1 rings (SSSR count). The summed E-state index contributed by atoms with van der Waals surface area (Å²) in [5, 5.41) is 15.0. The van der Waals surface area contributed by atoms with Gasteiger partial charge in [-0.3, -0.25) is 9.59 Å². The second-order valence-corrected chi connectivity index (χ2v) is 7.07. The van der Waals surface area contributed by atoms with Crippen LogP contribution in [-0.2, 0) is 9.59 Å². The fraction of sp³-hybridized carbons (Fsp3) is 0.556. The van der Waals surface area contributed by atoms with Crippen LogP contribution in [0, 0.1) is 11.8 Å². The van der Waals surface area contributed by atoms with E-state index in [1.165, 1.54) is 11.8 Å². The van der Waals surface area contributed by atoms with Crippen LogP contribution in [0.4, 0.5) is 0 Å². The highest BCUT2D eigenvalue weighted by molar-refractivity contribution is 7.98. The van der Waals surface area contributed by atoms with Crippen LogP contribution in [0.3, 0.4) is 0 Å². The number of rotatable bonds is 9. The number of hydrogen-bond donors (Lipinski definition) is 3. The average molecular weight is 378 g/mol. The maximum Gasteiger partial charge on any atom is 0.239 e. The summed E-state index contributed by atoms with van der Waals surface area (Å²) in [5.41, 5.74) is 0.249. The molecule has 0 saturated heterocycles. The molecule has 0 fully saturated rings. The van der Waals surface area contributed by atoms with E-state index in [0.717, 1.165) is 5.56 Å². The number of aromatic nitrogens is 2. The van der Waals surface area contributed by atoms with Gasteiger partial charge in [0.2, 0.25) is 11.8 Å². The molecule has 3 N–H and O–H groups in total. The third-order valence-corrected chi connectivity index (χ3v) is 3.99. The van der Waals surface area contributed by atoms with Gasteiger partial charge in [-0.2, -0.15) is 0 Å². The van der Waals surface area contributed by atoms with E-state index in [9.17, 15) is 9.59 Å². The number of carbonyl (C=O) groups excluding carboxylic acids is 2. The zero-order valence-electron chi connectivity index (χ0n) is 15.5. The molecule has 0 aliphatic rings. The molecule has 0 saturated carbocycles. The van der Waals surface area contributed by atoms with Crippen molar-refractivity contribution < 1.29 is 14.7 Å². The molecule has 8 heteroatoms. The van der Waals surface area contributed by atoms with Gasteiger partial charge in [0.15, 0.2) is 5.16 Å². The molecule has 0 unspecified atom stereocenters.